The lowest BCUT2D eigenvalue weighted by molar-refractivity contribution is -0.222. The van der Waals surface area contributed by atoms with E-state index in [9.17, 15) is 14.0 Å². The van der Waals surface area contributed by atoms with Crippen LogP contribution in [0.2, 0.25) is 5.02 Å². The number of benzene rings is 1. The molecule has 0 bridgehead atoms. The van der Waals surface area contributed by atoms with Crippen molar-refractivity contribution in [1.29, 1.82) is 0 Å². The van der Waals surface area contributed by atoms with E-state index in [1.807, 2.05) is 0 Å². The van der Waals surface area contributed by atoms with Gasteiger partial charge in [-0.05, 0) is 12.1 Å². The van der Waals surface area contributed by atoms with Crippen molar-refractivity contribution < 1.29 is 28.2 Å². The van der Waals surface area contributed by atoms with Gasteiger partial charge in [0.25, 0.3) is 5.79 Å². The van der Waals surface area contributed by atoms with Gasteiger partial charge in [-0.3, -0.25) is 0 Å². The Balaban J connectivity index is 2.45. The Kier molecular flexibility index (Phi) is 3.91. The Morgan fingerprint density at radius 2 is 1.81 bits per heavy atom. The SMILES string of the molecule is COc1c(Cl)ccc(C=C2C(=O)OC(C)(C)OC2=O)c1F. The molecule has 0 radical (unpaired) electrons. The van der Waals surface area contributed by atoms with Crippen molar-refractivity contribution in [3.63, 3.8) is 0 Å². The number of hydrogen-bond donors (Lipinski definition) is 0. The fraction of sp³-hybridized carbons (Fsp3) is 0.286. The normalized spacial score (nSPS) is 17.1. The highest BCUT2D eigenvalue weighted by atomic mass is 35.5. The first kappa shape index (κ1) is 15.3. The first-order chi connectivity index (χ1) is 9.75. The fourth-order valence-corrected chi connectivity index (χ4v) is 2.00. The summed E-state index contributed by atoms with van der Waals surface area (Å²) in [4.78, 5) is 23.6. The summed E-state index contributed by atoms with van der Waals surface area (Å²) in [7, 11) is 1.26. The Labute approximate surface area is 125 Å². The number of hydrogen-bond acceptors (Lipinski definition) is 5. The smallest absolute Gasteiger partial charge is 0.348 e. The van der Waals surface area contributed by atoms with E-state index >= 15 is 0 Å². The van der Waals surface area contributed by atoms with Crippen molar-refractivity contribution in [2.24, 2.45) is 0 Å². The van der Waals surface area contributed by atoms with Crippen LogP contribution in [0.3, 0.4) is 0 Å². The molecule has 5 nitrogen and oxygen atoms in total. The zero-order chi connectivity index (χ0) is 15.8. The minimum absolute atomic E-state index is 0.0418. The van der Waals surface area contributed by atoms with Crippen molar-refractivity contribution in [2.75, 3.05) is 7.11 Å². The molecule has 0 unspecified atom stereocenters. The second-order valence-electron chi connectivity index (χ2n) is 4.72. The molecule has 0 N–H and O–H groups in total. The van der Waals surface area contributed by atoms with Gasteiger partial charge in [-0.15, -0.1) is 0 Å². The Bertz CT molecular complexity index is 629. The molecule has 0 atom stereocenters. The first-order valence-corrected chi connectivity index (χ1v) is 6.33. The molecule has 0 aliphatic carbocycles. The van der Waals surface area contributed by atoms with Gasteiger partial charge in [-0.25, -0.2) is 14.0 Å². The third-order valence-corrected chi connectivity index (χ3v) is 3.00. The van der Waals surface area contributed by atoms with Gasteiger partial charge in [0.2, 0.25) is 0 Å². The maximum atomic E-state index is 14.1. The molecule has 1 aromatic carbocycles. The van der Waals surface area contributed by atoms with E-state index in [0.29, 0.717) is 0 Å². The standard InChI is InChI=1S/C14H12ClFO5/c1-14(2)20-12(17)8(13(18)21-14)6-7-4-5-9(15)11(19-3)10(7)16/h4-6H,1-3H3. The molecule has 0 amide bonds. The molecule has 0 spiro atoms. The highest BCUT2D eigenvalue weighted by molar-refractivity contribution is 6.32. The van der Waals surface area contributed by atoms with Crippen LogP contribution in [0.5, 0.6) is 5.75 Å². The summed E-state index contributed by atoms with van der Waals surface area (Å²) in [5, 5.41) is 0.0760. The van der Waals surface area contributed by atoms with Crippen LogP contribution >= 0.6 is 11.6 Å². The number of cyclic esters (lactones) is 2. The quantitative estimate of drug-likeness (QED) is 0.477. The first-order valence-electron chi connectivity index (χ1n) is 5.95. The van der Waals surface area contributed by atoms with Gasteiger partial charge < -0.3 is 14.2 Å². The number of esters is 2. The topological polar surface area (TPSA) is 61.8 Å². The molecule has 112 valence electrons. The number of rotatable bonds is 2. The zero-order valence-corrected chi connectivity index (χ0v) is 12.3. The maximum absolute atomic E-state index is 14.1. The van der Waals surface area contributed by atoms with Crippen LogP contribution < -0.4 is 4.74 Å². The molecule has 0 aromatic heterocycles. The minimum Gasteiger partial charge on any atom is -0.492 e. The predicted molar refractivity (Wildman–Crippen MR) is 72.2 cm³/mol. The van der Waals surface area contributed by atoms with Crippen molar-refractivity contribution >= 4 is 29.6 Å². The van der Waals surface area contributed by atoms with Gasteiger partial charge in [-0.1, -0.05) is 17.7 Å². The summed E-state index contributed by atoms with van der Waals surface area (Å²) in [6.07, 6.45) is 1.04. The number of ether oxygens (including phenoxy) is 3. The summed E-state index contributed by atoms with van der Waals surface area (Å²) >= 11 is 5.77. The van der Waals surface area contributed by atoms with Gasteiger partial charge in [-0.2, -0.15) is 0 Å². The van der Waals surface area contributed by atoms with E-state index in [0.717, 1.165) is 6.08 Å². The van der Waals surface area contributed by atoms with E-state index in [1.54, 1.807) is 0 Å². The minimum atomic E-state index is -1.35. The van der Waals surface area contributed by atoms with Crippen LogP contribution in [0.25, 0.3) is 6.08 Å². The van der Waals surface area contributed by atoms with Crippen LogP contribution in [-0.4, -0.2) is 24.8 Å². The van der Waals surface area contributed by atoms with Crippen LogP contribution in [-0.2, 0) is 19.1 Å². The molecule has 2 rings (SSSR count). The van der Waals surface area contributed by atoms with E-state index in [4.69, 9.17) is 25.8 Å². The average Bonchev–Trinajstić information content (AvgIpc) is 2.35. The number of carbonyl (C=O) groups is 2. The van der Waals surface area contributed by atoms with Crippen LogP contribution in [0.1, 0.15) is 19.4 Å². The largest absolute Gasteiger partial charge is 0.492 e. The monoisotopic (exact) mass is 314 g/mol. The summed E-state index contributed by atoms with van der Waals surface area (Å²) in [6.45, 7) is 2.84. The zero-order valence-electron chi connectivity index (χ0n) is 11.5. The lowest BCUT2D eigenvalue weighted by atomic mass is 10.1. The molecule has 1 heterocycles. The molecule has 1 saturated heterocycles. The summed E-state index contributed by atoms with van der Waals surface area (Å²) in [5.74, 6) is -4.08. The van der Waals surface area contributed by atoms with Crippen molar-refractivity contribution in [2.45, 2.75) is 19.6 Å². The fourth-order valence-electron chi connectivity index (χ4n) is 1.78. The maximum Gasteiger partial charge on any atom is 0.348 e. The Morgan fingerprint density at radius 3 is 2.33 bits per heavy atom. The molecule has 1 fully saturated rings. The van der Waals surface area contributed by atoms with Crippen molar-refractivity contribution in [3.8, 4) is 5.75 Å². The number of halogens is 2. The molecule has 7 heteroatoms. The third-order valence-electron chi connectivity index (χ3n) is 2.70. The summed E-state index contributed by atoms with van der Waals surface area (Å²) in [6, 6.07) is 2.70. The lowest BCUT2D eigenvalue weighted by Gasteiger charge is -2.29. The van der Waals surface area contributed by atoms with Crippen molar-refractivity contribution in [3.05, 3.63) is 34.1 Å². The van der Waals surface area contributed by atoms with Gasteiger partial charge >= 0.3 is 11.9 Å². The number of methoxy groups -OCH3 is 1. The summed E-state index contributed by atoms with van der Waals surface area (Å²) < 4.78 is 28.8. The number of carbonyl (C=O) groups excluding carboxylic acids is 2. The van der Waals surface area contributed by atoms with Gasteiger partial charge in [0, 0.05) is 19.4 Å². The van der Waals surface area contributed by atoms with Gasteiger partial charge in [0.15, 0.2) is 11.6 Å². The molecule has 1 aliphatic heterocycles. The molecular formula is C14H12ClFO5. The van der Waals surface area contributed by atoms with Crippen LogP contribution in [0, 0.1) is 5.82 Å². The molecule has 21 heavy (non-hydrogen) atoms. The van der Waals surface area contributed by atoms with E-state index in [1.165, 1.54) is 33.1 Å². The average molecular weight is 315 g/mol. The van der Waals surface area contributed by atoms with E-state index in [2.05, 4.69) is 0 Å². The second kappa shape index (κ2) is 5.37. The lowest BCUT2D eigenvalue weighted by Crippen LogP contribution is -2.41. The second-order valence-corrected chi connectivity index (χ2v) is 5.13. The Morgan fingerprint density at radius 1 is 1.24 bits per heavy atom. The van der Waals surface area contributed by atoms with Gasteiger partial charge in [0.1, 0.15) is 5.57 Å². The van der Waals surface area contributed by atoms with Crippen molar-refractivity contribution in [1.82, 2.24) is 0 Å². The summed E-state index contributed by atoms with van der Waals surface area (Å²) in [5.41, 5.74) is -0.447. The molecule has 1 aromatic rings. The highest BCUT2D eigenvalue weighted by Crippen LogP contribution is 2.32. The third kappa shape index (κ3) is 3.00. The molecular weight excluding hydrogens is 303 g/mol. The van der Waals surface area contributed by atoms with E-state index < -0.39 is 29.1 Å². The van der Waals surface area contributed by atoms with E-state index in [-0.39, 0.29) is 16.3 Å². The van der Waals surface area contributed by atoms with Crippen LogP contribution in [0.4, 0.5) is 4.39 Å². The molecule has 0 saturated carbocycles. The predicted octanol–water partition coefficient (Wildman–Crippen LogP) is 2.71. The molecule has 1 aliphatic rings. The van der Waals surface area contributed by atoms with Gasteiger partial charge in [0.05, 0.1) is 12.1 Å². The highest BCUT2D eigenvalue weighted by Gasteiger charge is 2.39. The Hall–Kier alpha value is -2.08. The van der Waals surface area contributed by atoms with Crippen LogP contribution in [0.15, 0.2) is 17.7 Å².